The average Bonchev–Trinajstić information content (AvgIpc) is 3.10. The molecule has 0 N–H and O–H groups in total. The molecule has 0 radical (unpaired) electrons. The van der Waals surface area contributed by atoms with Gasteiger partial charge in [-0.25, -0.2) is 4.79 Å². The van der Waals surface area contributed by atoms with E-state index in [1.807, 2.05) is 42.5 Å². The predicted molar refractivity (Wildman–Crippen MR) is 109 cm³/mol. The van der Waals surface area contributed by atoms with Crippen molar-refractivity contribution in [3.8, 4) is 22.3 Å². The summed E-state index contributed by atoms with van der Waals surface area (Å²) < 4.78 is 10.8. The van der Waals surface area contributed by atoms with Crippen LogP contribution in [0.4, 0.5) is 0 Å². The first-order valence-corrected chi connectivity index (χ1v) is 9.47. The Balaban J connectivity index is 1.74. The largest absolute Gasteiger partial charge is 0.519 e. The third-order valence-electron chi connectivity index (χ3n) is 4.90. The second-order valence-corrected chi connectivity index (χ2v) is 6.79. The first-order chi connectivity index (χ1) is 13.3. The molecule has 1 heterocycles. The molecule has 136 valence electrons. The fraction of sp³-hybridized carbons (Fsp3) is 0.208. The minimum absolute atomic E-state index is 0.496. The number of hydrogen-bond donors (Lipinski definition) is 0. The summed E-state index contributed by atoms with van der Waals surface area (Å²) >= 11 is 0. The van der Waals surface area contributed by atoms with Crippen LogP contribution in [0.1, 0.15) is 31.7 Å². The molecule has 0 spiro atoms. The normalized spacial score (nSPS) is 11.1. The van der Waals surface area contributed by atoms with Gasteiger partial charge in [-0.3, -0.25) is 0 Å². The third-order valence-corrected chi connectivity index (χ3v) is 4.90. The number of unbranched alkanes of at least 4 members (excludes halogenated alkanes) is 2. The van der Waals surface area contributed by atoms with Crippen LogP contribution in [0.5, 0.6) is 0 Å². The molecule has 0 aliphatic rings. The molecule has 0 aliphatic heterocycles. The van der Waals surface area contributed by atoms with Crippen molar-refractivity contribution in [3.63, 3.8) is 0 Å². The summed E-state index contributed by atoms with van der Waals surface area (Å²) in [5.74, 6) is -0.675. The fourth-order valence-corrected chi connectivity index (χ4v) is 3.46. The maximum Gasteiger partial charge on any atom is 0.519 e. The van der Waals surface area contributed by atoms with Crippen LogP contribution in [0, 0.1) is 0 Å². The highest BCUT2D eigenvalue weighted by Gasteiger charge is 2.16. The first-order valence-electron chi connectivity index (χ1n) is 9.47. The Morgan fingerprint density at radius 2 is 1.30 bits per heavy atom. The lowest BCUT2D eigenvalue weighted by Gasteiger charge is -2.07. The van der Waals surface area contributed by atoms with Crippen molar-refractivity contribution in [2.75, 3.05) is 0 Å². The van der Waals surface area contributed by atoms with Crippen LogP contribution in [0.25, 0.3) is 33.4 Å². The summed E-state index contributed by atoms with van der Waals surface area (Å²) in [7, 11) is 0. The lowest BCUT2D eigenvalue weighted by Crippen LogP contribution is -1.87. The molecule has 0 fully saturated rings. The molecule has 0 saturated heterocycles. The molecular formula is C24H22O3. The van der Waals surface area contributed by atoms with Gasteiger partial charge in [-0.05, 0) is 41.7 Å². The van der Waals surface area contributed by atoms with E-state index < -0.39 is 5.82 Å². The smallest absolute Gasteiger partial charge is 0.390 e. The van der Waals surface area contributed by atoms with E-state index in [0.29, 0.717) is 11.2 Å². The van der Waals surface area contributed by atoms with Gasteiger partial charge in [0.15, 0.2) is 11.2 Å². The van der Waals surface area contributed by atoms with Crippen LogP contribution in [-0.4, -0.2) is 0 Å². The Bertz CT molecular complexity index is 1090. The fourth-order valence-electron chi connectivity index (χ4n) is 3.46. The van der Waals surface area contributed by atoms with E-state index in [4.69, 9.17) is 8.83 Å². The molecule has 1 aromatic heterocycles. The van der Waals surface area contributed by atoms with E-state index >= 15 is 0 Å². The van der Waals surface area contributed by atoms with E-state index in [9.17, 15) is 4.79 Å². The van der Waals surface area contributed by atoms with E-state index in [-0.39, 0.29) is 0 Å². The molecule has 3 heteroatoms. The van der Waals surface area contributed by atoms with Crippen molar-refractivity contribution < 1.29 is 8.83 Å². The van der Waals surface area contributed by atoms with Crippen molar-refractivity contribution in [2.24, 2.45) is 0 Å². The summed E-state index contributed by atoms with van der Waals surface area (Å²) in [6.07, 6.45) is 4.78. The molecule has 0 aliphatic carbocycles. The third kappa shape index (κ3) is 3.59. The second kappa shape index (κ2) is 7.67. The predicted octanol–water partition coefficient (Wildman–Crippen LogP) is 6.45. The topological polar surface area (TPSA) is 43.4 Å². The molecule has 3 nitrogen and oxygen atoms in total. The van der Waals surface area contributed by atoms with E-state index in [1.165, 1.54) is 24.8 Å². The molecule has 3 aromatic carbocycles. The molecule has 0 unspecified atom stereocenters. The van der Waals surface area contributed by atoms with E-state index in [0.717, 1.165) is 28.7 Å². The van der Waals surface area contributed by atoms with Gasteiger partial charge in [-0.2, -0.15) is 0 Å². The summed E-state index contributed by atoms with van der Waals surface area (Å²) in [6, 6.07) is 22.3. The van der Waals surface area contributed by atoms with Gasteiger partial charge in [-0.1, -0.05) is 74.4 Å². The van der Waals surface area contributed by atoms with Gasteiger partial charge < -0.3 is 8.83 Å². The lowest BCUT2D eigenvalue weighted by molar-refractivity contribution is 0.410. The Morgan fingerprint density at radius 3 is 1.89 bits per heavy atom. The Morgan fingerprint density at radius 1 is 0.704 bits per heavy atom. The SMILES string of the molecule is CCCCCc1ccc(-c2ccc(-c3ccccc3)c3oc(=O)oc23)cc1. The Labute approximate surface area is 158 Å². The summed E-state index contributed by atoms with van der Waals surface area (Å²) in [5, 5.41) is 0. The van der Waals surface area contributed by atoms with Crippen LogP contribution in [0.15, 0.2) is 80.4 Å². The first kappa shape index (κ1) is 17.3. The number of aryl methyl sites for hydroxylation is 1. The van der Waals surface area contributed by atoms with Crippen LogP contribution in [-0.2, 0) is 6.42 Å². The van der Waals surface area contributed by atoms with Crippen molar-refractivity contribution >= 4 is 11.2 Å². The van der Waals surface area contributed by atoms with Crippen LogP contribution < -0.4 is 5.82 Å². The van der Waals surface area contributed by atoms with Gasteiger partial charge in [-0.15, -0.1) is 0 Å². The molecule has 0 atom stereocenters. The number of benzene rings is 3. The second-order valence-electron chi connectivity index (χ2n) is 6.79. The molecule has 0 saturated carbocycles. The zero-order valence-electron chi connectivity index (χ0n) is 15.4. The van der Waals surface area contributed by atoms with E-state index in [1.54, 1.807) is 0 Å². The maximum atomic E-state index is 11.8. The quantitative estimate of drug-likeness (QED) is 0.372. The molecule has 0 bridgehead atoms. The van der Waals surface area contributed by atoms with Crippen molar-refractivity contribution in [3.05, 3.63) is 82.9 Å². The Hall–Kier alpha value is -3.07. The van der Waals surface area contributed by atoms with Crippen molar-refractivity contribution in [2.45, 2.75) is 32.6 Å². The molecule has 4 rings (SSSR count). The molecular weight excluding hydrogens is 336 g/mol. The van der Waals surface area contributed by atoms with Crippen LogP contribution in [0.2, 0.25) is 0 Å². The highest BCUT2D eigenvalue weighted by molar-refractivity contribution is 5.98. The monoisotopic (exact) mass is 358 g/mol. The maximum absolute atomic E-state index is 11.8. The van der Waals surface area contributed by atoms with Gasteiger partial charge in [0.1, 0.15) is 0 Å². The number of fused-ring (bicyclic) bond motifs is 1. The van der Waals surface area contributed by atoms with Gasteiger partial charge in [0, 0.05) is 11.1 Å². The molecule has 27 heavy (non-hydrogen) atoms. The van der Waals surface area contributed by atoms with Crippen LogP contribution >= 0.6 is 0 Å². The molecule has 4 aromatic rings. The zero-order valence-corrected chi connectivity index (χ0v) is 15.4. The highest BCUT2D eigenvalue weighted by Crippen LogP contribution is 2.35. The Kier molecular flexibility index (Phi) is 4.93. The van der Waals surface area contributed by atoms with Crippen molar-refractivity contribution in [1.82, 2.24) is 0 Å². The average molecular weight is 358 g/mol. The standard InChI is InChI=1S/C24H22O3/c1-2-3-5-8-17-11-13-19(14-12-17)21-16-15-20(18-9-6-4-7-10-18)22-23(21)27-24(25)26-22/h4,6-7,9-16H,2-3,5,8H2,1H3. The zero-order chi connectivity index (χ0) is 18.6. The minimum Gasteiger partial charge on any atom is -0.390 e. The lowest BCUT2D eigenvalue weighted by atomic mass is 9.97. The van der Waals surface area contributed by atoms with Crippen molar-refractivity contribution in [1.29, 1.82) is 0 Å². The minimum atomic E-state index is -0.675. The summed E-state index contributed by atoms with van der Waals surface area (Å²) in [6.45, 7) is 2.21. The van der Waals surface area contributed by atoms with Gasteiger partial charge in [0.25, 0.3) is 0 Å². The van der Waals surface area contributed by atoms with Gasteiger partial charge >= 0.3 is 5.82 Å². The van der Waals surface area contributed by atoms with Gasteiger partial charge in [0.05, 0.1) is 0 Å². The molecule has 0 amide bonds. The highest BCUT2D eigenvalue weighted by atomic mass is 16.6. The summed E-state index contributed by atoms with van der Waals surface area (Å²) in [5.41, 5.74) is 6.06. The van der Waals surface area contributed by atoms with Gasteiger partial charge in [0.2, 0.25) is 0 Å². The number of hydrogen-bond acceptors (Lipinski definition) is 3. The summed E-state index contributed by atoms with van der Waals surface area (Å²) in [4.78, 5) is 11.8. The van der Waals surface area contributed by atoms with Crippen LogP contribution in [0.3, 0.4) is 0 Å². The van der Waals surface area contributed by atoms with E-state index in [2.05, 4.69) is 31.2 Å². The number of rotatable bonds is 6.